The van der Waals surface area contributed by atoms with Crippen molar-refractivity contribution >= 4 is 18.3 Å². The number of halogens is 1. The maximum absolute atomic E-state index is 12.8. The van der Waals surface area contributed by atoms with E-state index in [-0.39, 0.29) is 24.2 Å². The molecule has 0 aromatic carbocycles. The molecule has 3 rings (SSSR count). The summed E-state index contributed by atoms with van der Waals surface area (Å²) in [6.07, 6.45) is 6.33. The quantitative estimate of drug-likeness (QED) is 0.898. The highest BCUT2D eigenvalue weighted by Crippen LogP contribution is 2.30. The van der Waals surface area contributed by atoms with Gasteiger partial charge in [-0.15, -0.1) is 12.4 Å². The number of rotatable bonds is 2. The van der Waals surface area contributed by atoms with Crippen LogP contribution in [0.15, 0.2) is 12.4 Å². The van der Waals surface area contributed by atoms with Crippen LogP contribution >= 0.6 is 12.4 Å². The van der Waals surface area contributed by atoms with E-state index in [1.807, 2.05) is 24.1 Å². The summed E-state index contributed by atoms with van der Waals surface area (Å²) in [6, 6.07) is 0. The standard InChI is InChI=1S/C15H24N4O.ClH/c1-11-4-3-5-19(9-11)15(20)14-8-16-7-13(14)12-6-17-18(2)10-12;/h6,10-11,13-14,16H,3-5,7-9H2,1-2H3;1H/t11?,13-,14+;/m1./s1. The minimum absolute atomic E-state index is 0. The number of hydrogen-bond acceptors (Lipinski definition) is 3. The molecule has 2 aliphatic heterocycles. The Morgan fingerprint density at radius 3 is 2.90 bits per heavy atom. The first kappa shape index (κ1) is 16.3. The lowest BCUT2D eigenvalue weighted by Crippen LogP contribution is -2.44. The van der Waals surface area contributed by atoms with Crippen LogP contribution < -0.4 is 5.32 Å². The minimum atomic E-state index is 0. The van der Waals surface area contributed by atoms with E-state index in [2.05, 4.69) is 22.2 Å². The molecule has 0 bridgehead atoms. The summed E-state index contributed by atoms with van der Waals surface area (Å²) in [5, 5.41) is 7.62. The predicted octanol–water partition coefficient (Wildman–Crippen LogP) is 1.40. The van der Waals surface area contributed by atoms with Gasteiger partial charge in [0.1, 0.15) is 0 Å². The van der Waals surface area contributed by atoms with Gasteiger partial charge in [0.25, 0.3) is 0 Å². The SMILES string of the molecule is CC1CCCN(C(=O)[C@H]2CNC[C@@H]2c2cnn(C)c2)C1.Cl. The third-order valence-corrected chi connectivity index (χ3v) is 4.65. The van der Waals surface area contributed by atoms with E-state index in [0.717, 1.165) is 32.6 Å². The van der Waals surface area contributed by atoms with Crippen molar-refractivity contribution < 1.29 is 4.79 Å². The molecule has 2 aliphatic rings. The molecule has 3 atom stereocenters. The molecule has 0 spiro atoms. The maximum Gasteiger partial charge on any atom is 0.227 e. The van der Waals surface area contributed by atoms with Crippen LogP contribution in [0.3, 0.4) is 0 Å². The lowest BCUT2D eigenvalue weighted by Gasteiger charge is -2.33. The highest BCUT2D eigenvalue weighted by molar-refractivity contribution is 5.85. The largest absolute Gasteiger partial charge is 0.342 e. The predicted molar refractivity (Wildman–Crippen MR) is 84.5 cm³/mol. The number of amides is 1. The molecule has 3 heterocycles. The Morgan fingerprint density at radius 1 is 1.43 bits per heavy atom. The summed E-state index contributed by atoms with van der Waals surface area (Å²) in [4.78, 5) is 14.9. The number of nitrogens with zero attached hydrogens (tertiary/aromatic N) is 3. The van der Waals surface area contributed by atoms with Crippen LogP contribution in [-0.4, -0.2) is 46.8 Å². The zero-order valence-corrected chi connectivity index (χ0v) is 13.6. The van der Waals surface area contributed by atoms with Gasteiger partial charge in [-0.1, -0.05) is 6.92 Å². The molecule has 2 fully saturated rings. The van der Waals surface area contributed by atoms with Gasteiger partial charge < -0.3 is 10.2 Å². The number of nitrogens with one attached hydrogen (secondary N) is 1. The van der Waals surface area contributed by atoms with Gasteiger partial charge >= 0.3 is 0 Å². The minimum Gasteiger partial charge on any atom is -0.342 e. The molecule has 0 radical (unpaired) electrons. The monoisotopic (exact) mass is 312 g/mol. The summed E-state index contributed by atoms with van der Waals surface area (Å²) >= 11 is 0. The van der Waals surface area contributed by atoms with Crippen molar-refractivity contribution in [3.63, 3.8) is 0 Å². The number of aryl methyl sites for hydroxylation is 1. The van der Waals surface area contributed by atoms with Gasteiger partial charge in [0.05, 0.1) is 12.1 Å². The molecule has 1 aromatic heterocycles. The molecule has 118 valence electrons. The number of carbonyl (C=O) groups is 1. The molecule has 2 saturated heterocycles. The number of carbonyl (C=O) groups excluding carboxylic acids is 1. The van der Waals surface area contributed by atoms with Crippen molar-refractivity contribution in [2.75, 3.05) is 26.2 Å². The fraction of sp³-hybridized carbons (Fsp3) is 0.733. The number of aromatic nitrogens is 2. The van der Waals surface area contributed by atoms with Crippen LogP contribution in [0.4, 0.5) is 0 Å². The average Bonchev–Trinajstić information content (AvgIpc) is 3.06. The second kappa shape index (κ2) is 6.79. The average molecular weight is 313 g/mol. The van der Waals surface area contributed by atoms with Crippen molar-refractivity contribution in [2.45, 2.75) is 25.7 Å². The zero-order chi connectivity index (χ0) is 14.1. The van der Waals surface area contributed by atoms with E-state index in [9.17, 15) is 4.79 Å². The molecule has 0 aliphatic carbocycles. The van der Waals surface area contributed by atoms with E-state index >= 15 is 0 Å². The van der Waals surface area contributed by atoms with E-state index < -0.39 is 0 Å². The first-order valence-corrected chi connectivity index (χ1v) is 7.63. The third kappa shape index (κ3) is 3.40. The van der Waals surface area contributed by atoms with Crippen LogP contribution in [0.5, 0.6) is 0 Å². The Balaban J connectivity index is 0.00000161. The lowest BCUT2D eigenvalue weighted by molar-refractivity contribution is -0.137. The Morgan fingerprint density at radius 2 is 2.24 bits per heavy atom. The Hall–Kier alpha value is -1.07. The van der Waals surface area contributed by atoms with Crippen LogP contribution in [-0.2, 0) is 11.8 Å². The highest BCUT2D eigenvalue weighted by Gasteiger charge is 2.37. The van der Waals surface area contributed by atoms with Crippen molar-refractivity contribution in [2.24, 2.45) is 18.9 Å². The highest BCUT2D eigenvalue weighted by atomic mass is 35.5. The van der Waals surface area contributed by atoms with Gasteiger partial charge in [-0.3, -0.25) is 9.48 Å². The third-order valence-electron chi connectivity index (χ3n) is 4.65. The van der Waals surface area contributed by atoms with Crippen molar-refractivity contribution in [1.82, 2.24) is 20.0 Å². The van der Waals surface area contributed by atoms with Crippen LogP contribution in [0, 0.1) is 11.8 Å². The summed E-state index contributed by atoms with van der Waals surface area (Å²) in [5.74, 6) is 1.31. The Labute approximate surface area is 132 Å². The molecule has 0 saturated carbocycles. The summed E-state index contributed by atoms with van der Waals surface area (Å²) in [5.41, 5.74) is 1.18. The second-order valence-corrected chi connectivity index (χ2v) is 6.35. The van der Waals surface area contributed by atoms with Gasteiger partial charge in [0.15, 0.2) is 0 Å². The molecule has 1 aromatic rings. The second-order valence-electron chi connectivity index (χ2n) is 6.35. The molecular formula is C15H25ClN4O. The van der Waals surface area contributed by atoms with Gasteiger partial charge in [0.2, 0.25) is 5.91 Å². The summed E-state index contributed by atoms with van der Waals surface area (Å²) < 4.78 is 1.82. The normalized spacial score (nSPS) is 29.2. The van der Waals surface area contributed by atoms with Crippen LogP contribution in [0.1, 0.15) is 31.2 Å². The van der Waals surface area contributed by atoms with Crippen molar-refractivity contribution in [3.8, 4) is 0 Å². The number of piperidine rings is 1. The first-order chi connectivity index (χ1) is 9.65. The Bertz CT molecular complexity index is 490. The molecule has 5 nitrogen and oxygen atoms in total. The maximum atomic E-state index is 12.8. The van der Waals surface area contributed by atoms with Gasteiger partial charge in [-0.2, -0.15) is 5.10 Å². The van der Waals surface area contributed by atoms with E-state index in [0.29, 0.717) is 11.8 Å². The van der Waals surface area contributed by atoms with Crippen LogP contribution in [0.2, 0.25) is 0 Å². The van der Waals surface area contributed by atoms with E-state index in [1.54, 1.807) is 0 Å². The first-order valence-electron chi connectivity index (χ1n) is 7.63. The fourth-order valence-corrected chi connectivity index (χ4v) is 3.54. The molecule has 1 amide bonds. The van der Waals surface area contributed by atoms with E-state index in [1.165, 1.54) is 12.0 Å². The summed E-state index contributed by atoms with van der Waals surface area (Å²) in [6.45, 7) is 5.77. The van der Waals surface area contributed by atoms with Gasteiger partial charge in [-0.05, 0) is 24.3 Å². The van der Waals surface area contributed by atoms with Crippen molar-refractivity contribution in [3.05, 3.63) is 18.0 Å². The molecule has 1 N–H and O–H groups in total. The molecule has 1 unspecified atom stereocenters. The van der Waals surface area contributed by atoms with Gasteiger partial charge in [0, 0.05) is 45.3 Å². The molecular weight excluding hydrogens is 288 g/mol. The molecule has 21 heavy (non-hydrogen) atoms. The molecule has 6 heteroatoms. The summed E-state index contributed by atoms with van der Waals surface area (Å²) in [7, 11) is 1.93. The Kier molecular flexibility index (Phi) is 5.27. The number of hydrogen-bond donors (Lipinski definition) is 1. The smallest absolute Gasteiger partial charge is 0.227 e. The number of likely N-dealkylation sites (tertiary alicyclic amines) is 1. The van der Waals surface area contributed by atoms with Crippen molar-refractivity contribution in [1.29, 1.82) is 0 Å². The van der Waals surface area contributed by atoms with E-state index in [4.69, 9.17) is 0 Å². The van der Waals surface area contributed by atoms with Crippen LogP contribution in [0.25, 0.3) is 0 Å². The lowest BCUT2D eigenvalue weighted by atomic mass is 9.88. The zero-order valence-electron chi connectivity index (χ0n) is 12.8. The topological polar surface area (TPSA) is 50.2 Å². The van der Waals surface area contributed by atoms with Gasteiger partial charge in [-0.25, -0.2) is 0 Å². The fourth-order valence-electron chi connectivity index (χ4n) is 3.54.